The molecular weight excluding hydrogens is 486 g/mol. The number of H-pyrrole nitrogens is 1. The van der Waals surface area contributed by atoms with Gasteiger partial charge < -0.3 is 19.5 Å². The molecule has 1 unspecified atom stereocenters. The zero-order valence-electron chi connectivity index (χ0n) is 24.9. The van der Waals surface area contributed by atoms with E-state index in [2.05, 4.69) is 58.7 Å². The van der Waals surface area contributed by atoms with Crippen molar-refractivity contribution < 1.29 is 14.3 Å². The molecule has 0 aliphatic heterocycles. The lowest BCUT2D eigenvalue weighted by atomic mass is 9.84. The number of carbonyl (C=O) groups is 2. The molecule has 0 saturated carbocycles. The SMILES string of the molecule is COc1ccc(CN(CCc2c[nH]c3ccccc23)C(=O)CN(CC(C)C)C(=O)CC(C)CC(C)(C)C)cc1. The minimum absolute atomic E-state index is 0.0249. The number of para-hydroxylation sites is 1. The van der Waals surface area contributed by atoms with Crippen molar-refractivity contribution in [1.29, 1.82) is 0 Å². The lowest BCUT2D eigenvalue weighted by Crippen LogP contribution is -2.45. The molecule has 0 spiro atoms. The highest BCUT2D eigenvalue weighted by atomic mass is 16.5. The third kappa shape index (κ3) is 9.45. The molecule has 6 nitrogen and oxygen atoms in total. The minimum Gasteiger partial charge on any atom is -0.497 e. The summed E-state index contributed by atoms with van der Waals surface area (Å²) >= 11 is 0. The molecule has 2 amide bonds. The van der Waals surface area contributed by atoms with Crippen LogP contribution in [0.25, 0.3) is 10.9 Å². The zero-order chi connectivity index (χ0) is 28.6. The first-order valence-electron chi connectivity index (χ1n) is 14.2. The fourth-order valence-corrected chi connectivity index (χ4v) is 5.34. The van der Waals surface area contributed by atoms with E-state index in [4.69, 9.17) is 4.74 Å². The highest BCUT2D eigenvalue weighted by Gasteiger charge is 2.25. The fraction of sp³-hybridized carbons (Fsp3) is 0.515. The average Bonchev–Trinajstić information content (AvgIpc) is 3.28. The van der Waals surface area contributed by atoms with Crippen LogP contribution in [0.3, 0.4) is 0 Å². The van der Waals surface area contributed by atoms with Crippen LogP contribution in [0.15, 0.2) is 54.7 Å². The van der Waals surface area contributed by atoms with E-state index in [1.165, 1.54) is 10.9 Å². The first-order valence-corrected chi connectivity index (χ1v) is 14.2. The Hall–Kier alpha value is -3.28. The van der Waals surface area contributed by atoms with E-state index in [1.807, 2.05) is 47.5 Å². The number of rotatable bonds is 13. The van der Waals surface area contributed by atoms with Crippen molar-refractivity contribution in [2.45, 2.75) is 67.3 Å². The number of methoxy groups -OCH3 is 1. The predicted octanol–water partition coefficient (Wildman–Crippen LogP) is 6.69. The summed E-state index contributed by atoms with van der Waals surface area (Å²) in [6, 6.07) is 16.1. The van der Waals surface area contributed by atoms with Crippen molar-refractivity contribution >= 4 is 22.7 Å². The summed E-state index contributed by atoms with van der Waals surface area (Å²) in [5.74, 6) is 1.37. The molecule has 2 aromatic carbocycles. The van der Waals surface area contributed by atoms with E-state index >= 15 is 0 Å². The first-order chi connectivity index (χ1) is 18.4. The molecule has 1 aromatic heterocycles. The van der Waals surface area contributed by atoms with Crippen molar-refractivity contribution in [3.63, 3.8) is 0 Å². The van der Waals surface area contributed by atoms with Gasteiger partial charge in [0.1, 0.15) is 5.75 Å². The Bertz CT molecular complexity index is 1210. The predicted molar refractivity (Wildman–Crippen MR) is 160 cm³/mol. The van der Waals surface area contributed by atoms with Crippen LogP contribution in [0.1, 0.15) is 65.5 Å². The van der Waals surface area contributed by atoms with Crippen molar-refractivity contribution in [2.24, 2.45) is 17.3 Å². The summed E-state index contributed by atoms with van der Waals surface area (Å²) in [5.41, 5.74) is 3.47. The van der Waals surface area contributed by atoms with Crippen molar-refractivity contribution in [2.75, 3.05) is 26.7 Å². The molecule has 1 atom stereocenters. The Morgan fingerprint density at radius 1 is 0.949 bits per heavy atom. The Balaban J connectivity index is 1.77. The second kappa shape index (κ2) is 13.7. The number of nitrogens with one attached hydrogen (secondary N) is 1. The summed E-state index contributed by atoms with van der Waals surface area (Å²) < 4.78 is 5.31. The van der Waals surface area contributed by atoms with Gasteiger partial charge >= 0.3 is 0 Å². The maximum Gasteiger partial charge on any atom is 0.242 e. The first kappa shape index (κ1) is 30.3. The highest BCUT2D eigenvalue weighted by Crippen LogP contribution is 2.26. The van der Waals surface area contributed by atoms with E-state index in [-0.39, 0.29) is 35.6 Å². The highest BCUT2D eigenvalue weighted by molar-refractivity contribution is 5.85. The molecule has 39 heavy (non-hydrogen) atoms. The third-order valence-electron chi connectivity index (χ3n) is 6.96. The number of benzene rings is 2. The third-order valence-corrected chi connectivity index (χ3v) is 6.96. The summed E-state index contributed by atoms with van der Waals surface area (Å²) in [6.07, 6.45) is 4.19. The van der Waals surface area contributed by atoms with Crippen LogP contribution < -0.4 is 4.74 Å². The number of carbonyl (C=O) groups excluding carboxylic acids is 2. The fourth-order valence-electron chi connectivity index (χ4n) is 5.34. The number of nitrogens with zero attached hydrogens (tertiary/aromatic N) is 2. The van der Waals surface area contributed by atoms with Gasteiger partial charge in [0.2, 0.25) is 11.8 Å². The largest absolute Gasteiger partial charge is 0.497 e. The van der Waals surface area contributed by atoms with Gasteiger partial charge in [-0.25, -0.2) is 0 Å². The maximum atomic E-state index is 13.8. The van der Waals surface area contributed by atoms with Crippen LogP contribution in [0.2, 0.25) is 0 Å². The normalized spacial score (nSPS) is 12.5. The number of fused-ring (bicyclic) bond motifs is 1. The van der Waals surface area contributed by atoms with Crippen molar-refractivity contribution in [1.82, 2.24) is 14.8 Å². The number of aromatic amines is 1. The Morgan fingerprint density at radius 2 is 1.64 bits per heavy atom. The van der Waals surface area contributed by atoms with Gasteiger partial charge in [0, 0.05) is 43.2 Å². The molecule has 0 aliphatic carbocycles. The van der Waals surface area contributed by atoms with Gasteiger partial charge in [0.15, 0.2) is 0 Å². The van der Waals surface area contributed by atoms with Crippen LogP contribution in [0.5, 0.6) is 5.75 Å². The van der Waals surface area contributed by atoms with E-state index < -0.39 is 0 Å². The van der Waals surface area contributed by atoms with Gasteiger partial charge in [-0.2, -0.15) is 0 Å². The van der Waals surface area contributed by atoms with E-state index in [0.717, 1.165) is 29.7 Å². The van der Waals surface area contributed by atoms with Crippen molar-refractivity contribution in [3.8, 4) is 5.75 Å². The van der Waals surface area contributed by atoms with Crippen LogP contribution in [-0.2, 0) is 22.6 Å². The zero-order valence-corrected chi connectivity index (χ0v) is 24.9. The molecule has 0 aliphatic rings. The van der Waals surface area contributed by atoms with E-state index in [1.54, 1.807) is 12.0 Å². The quantitative estimate of drug-likeness (QED) is 0.266. The lowest BCUT2D eigenvalue weighted by molar-refractivity contribution is -0.141. The van der Waals surface area contributed by atoms with Crippen molar-refractivity contribution in [3.05, 3.63) is 65.9 Å². The van der Waals surface area contributed by atoms with E-state index in [9.17, 15) is 9.59 Å². The molecule has 0 bridgehead atoms. The molecule has 0 fully saturated rings. The number of ether oxygens (including phenoxy) is 1. The molecule has 212 valence electrons. The standard InChI is InChI=1S/C33H47N3O3/c1-24(2)21-36(31(37)18-25(3)19-33(4,5)6)23-32(38)35(22-26-12-14-28(39-7)15-13-26)17-16-27-20-34-30-11-9-8-10-29(27)30/h8-15,20,24-25,34H,16-19,21-23H2,1-7H3. The number of amides is 2. The summed E-state index contributed by atoms with van der Waals surface area (Å²) in [4.78, 5) is 34.2. The summed E-state index contributed by atoms with van der Waals surface area (Å²) in [7, 11) is 1.65. The number of hydrogen-bond acceptors (Lipinski definition) is 3. The second-order valence-electron chi connectivity index (χ2n) is 12.5. The Kier molecular flexibility index (Phi) is 10.6. The van der Waals surface area contributed by atoms with Gasteiger partial charge in [-0.3, -0.25) is 9.59 Å². The van der Waals surface area contributed by atoms with Gasteiger partial charge in [-0.05, 0) is 59.4 Å². The Morgan fingerprint density at radius 3 is 2.28 bits per heavy atom. The van der Waals surface area contributed by atoms with Gasteiger partial charge in [-0.15, -0.1) is 0 Å². The smallest absolute Gasteiger partial charge is 0.242 e. The number of hydrogen-bond donors (Lipinski definition) is 1. The van der Waals surface area contributed by atoms with Crippen LogP contribution in [0, 0.1) is 17.3 Å². The molecule has 6 heteroatoms. The van der Waals surface area contributed by atoms with Crippen LogP contribution >= 0.6 is 0 Å². The molecule has 3 aromatic rings. The molecule has 1 heterocycles. The molecule has 3 rings (SSSR count). The second-order valence-corrected chi connectivity index (χ2v) is 12.5. The maximum absolute atomic E-state index is 13.8. The minimum atomic E-state index is -0.0249. The monoisotopic (exact) mass is 533 g/mol. The average molecular weight is 534 g/mol. The van der Waals surface area contributed by atoms with E-state index in [0.29, 0.717) is 26.1 Å². The van der Waals surface area contributed by atoms with Gasteiger partial charge in [0.05, 0.1) is 13.7 Å². The van der Waals surface area contributed by atoms with Crippen LogP contribution in [-0.4, -0.2) is 53.3 Å². The molecule has 1 N–H and O–H groups in total. The lowest BCUT2D eigenvalue weighted by Gasteiger charge is -2.30. The topological polar surface area (TPSA) is 65.6 Å². The summed E-state index contributed by atoms with van der Waals surface area (Å²) in [6.45, 7) is 14.7. The molecule has 0 radical (unpaired) electrons. The van der Waals surface area contributed by atoms with Crippen LogP contribution in [0.4, 0.5) is 0 Å². The molecular formula is C33H47N3O3. The number of aromatic nitrogens is 1. The van der Waals surface area contributed by atoms with Gasteiger partial charge in [0.25, 0.3) is 0 Å². The Labute approximate surface area is 234 Å². The summed E-state index contributed by atoms with van der Waals surface area (Å²) in [5, 5.41) is 1.18. The van der Waals surface area contributed by atoms with Gasteiger partial charge in [-0.1, -0.05) is 71.9 Å². The molecule has 0 saturated heterocycles.